The molecular formula is C13H25N3O. The fourth-order valence-corrected chi connectivity index (χ4v) is 3.01. The summed E-state index contributed by atoms with van der Waals surface area (Å²) in [6.07, 6.45) is 8.68. The molecule has 2 fully saturated rings. The summed E-state index contributed by atoms with van der Waals surface area (Å²) in [5.41, 5.74) is 5.88. The van der Waals surface area contributed by atoms with Crippen LogP contribution in [0.4, 0.5) is 0 Å². The third-order valence-corrected chi connectivity index (χ3v) is 4.55. The van der Waals surface area contributed by atoms with E-state index < -0.39 is 0 Å². The average Bonchev–Trinajstić information content (AvgIpc) is 2.88. The lowest BCUT2D eigenvalue weighted by atomic mass is 9.97. The van der Waals surface area contributed by atoms with Crippen molar-refractivity contribution in [3.63, 3.8) is 0 Å². The minimum Gasteiger partial charge on any atom is -0.409 e. The van der Waals surface area contributed by atoms with Crippen LogP contribution in [-0.4, -0.2) is 23.6 Å². The second-order valence-electron chi connectivity index (χ2n) is 5.98. The maximum absolute atomic E-state index is 8.62. The van der Waals surface area contributed by atoms with Crippen molar-refractivity contribution in [2.24, 2.45) is 22.2 Å². The third-order valence-electron chi connectivity index (χ3n) is 4.55. The first kappa shape index (κ1) is 12.7. The van der Waals surface area contributed by atoms with Crippen molar-refractivity contribution in [2.75, 3.05) is 6.54 Å². The summed E-state index contributed by atoms with van der Waals surface area (Å²) < 4.78 is 0. The Morgan fingerprint density at radius 2 is 2.12 bits per heavy atom. The molecule has 2 aliphatic carbocycles. The van der Waals surface area contributed by atoms with Gasteiger partial charge in [-0.3, -0.25) is 0 Å². The van der Waals surface area contributed by atoms with E-state index >= 15 is 0 Å². The first-order valence-corrected chi connectivity index (χ1v) is 6.85. The van der Waals surface area contributed by atoms with Gasteiger partial charge in [-0.25, -0.2) is 0 Å². The molecule has 0 aromatic rings. The van der Waals surface area contributed by atoms with Gasteiger partial charge < -0.3 is 16.3 Å². The highest BCUT2D eigenvalue weighted by molar-refractivity contribution is 5.80. The first-order valence-electron chi connectivity index (χ1n) is 6.85. The van der Waals surface area contributed by atoms with E-state index in [0.29, 0.717) is 11.9 Å². The van der Waals surface area contributed by atoms with Crippen molar-refractivity contribution in [1.29, 1.82) is 0 Å². The van der Waals surface area contributed by atoms with Crippen LogP contribution in [0.15, 0.2) is 5.16 Å². The van der Waals surface area contributed by atoms with Crippen LogP contribution in [0.2, 0.25) is 0 Å². The first-order chi connectivity index (χ1) is 8.15. The van der Waals surface area contributed by atoms with Crippen LogP contribution >= 0.6 is 0 Å². The Kier molecular flexibility index (Phi) is 3.92. The standard InChI is InChI=1S/C13H25N3O/c1-10(11-4-2-3-5-11)15-9-13(6-7-13)8-12(14)16-17/h10-11,15,17H,2-9H2,1H3,(H2,14,16)/t10-/m0/s1. The van der Waals surface area contributed by atoms with Gasteiger partial charge in [0.25, 0.3) is 0 Å². The van der Waals surface area contributed by atoms with Crippen molar-refractivity contribution in [1.82, 2.24) is 5.32 Å². The van der Waals surface area contributed by atoms with E-state index in [1.165, 1.54) is 38.5 Å². The monoisotopic (exact) mass is 239 g/mol. The van der Waals surface area contributed by atoms with E-state index in [0.717, 1.165) is 18.9 Å². The molecule has 0 amide bonds. The molecule has 0 bridgehead atoms. The molecule has 4 heteroatoms. The zero-order valence-electron chi connectivity index (χ0n) is 10.8. The fraction of sp³-hybridized carbons (Fsp3) is 0.923. The van der Waals surface area contributed by atoms with Crippen LogP contribution < -0.4 is 11.1 Å². The highest BCUT2D eigenvalue weighted by Gasteiger charge is 2.43. The Balaban J connectivity index is 1.73. The van der Waals surface area contributed by atoms with E-state index in [4.69, 9.17) is 10.9 Å². The molecule has 98 valence electrons. The summed E-state index contributed by atoms with van der Waals surface area (Å²) >= 11 is 0. The molecule has 2 aliphatic rings. The highest BCUT2D eigenvalue weighted by Crippen LogP contribution is 2.48. The zero-order valence-corrected chi connectivity index (χ0v) is 10.8. The van der Waals surface area contributed by atoms with Crippen LogP contribution in [0, 0.1) is 11.3 Å². The van der Waals surface area contributed by atoms with E-state index in [-0.39, 0.29) is 5.41 Å². The Morgan fingerprint density at radius 1 is 1.47 bits per heavy atom. The van der Waals surface area contributed by atoms with Crippen LogP contribution in [0.5, 0.6) is 0 Å². The van der Waals surface area contributed by atoms with Crippen LogP contribution in [-0.2, 0) is 0 Å². The number of oxime groups is 1. The third kappa shape index (κ3) is 3.35. The molecule has 4 N–H and O–H groups in total. The van der Waals surface area contributed by atoms with Crippen molar-refractivity contribution >= 4 is 5.84 Å². The minimum atomic E-state index is 0.281. The molecular weight excluding hydrogens is 214 g/mol. The van der Waals surface area contributed by atoms with E-state index in [9.17, 15) is 0 Å². The second kappa shape index (κ2) is 5.25. The topological polar surface area (TPSA) is 70.6 Å². The normalized spacial score (nSPS) is 26.1. The van der Waals surface area contributed by atoms with Gasteiger partial charge in [-0.15, -0.1) is 0 Å². The predicted octanol–water partition coefficient (Wildman–Crippen LogP) is 2.07. The molecule has 0 aromatic heterocycles. The zero-order chi connectivity index (χ0) is 12.3. The lowest BCUT2D eigenvalue weighted by Crippen LogP contribution is -2.37. The Bertz CT molecular complexity index is 280. The van der Waals surface area contributed by atoms with Crippen LogP contribution in [0.25, 0.3) is 0 Å². The number of nitrogens with two attached hydrogens (primary N) is 1. The molecule has 2 rings (SSSR count). The van der Waals surface area contributed by atoms with Gasteiger partial charge in [-0.2, -0.15) is 0 Å². The molecule has 4 nitrogen and oxygen atoms in total. The van der Waals surface area contributed by atoms with Gasteiger partial charge in [0.05, 0.1) is 0 Å². The van der Waals surface area contributed by atoms with Crippen LogP contribution in [0.3, 0.4) is 0 Å². The predicted molar refractivity (Wildman–Crippen MR) is 69.1 cm³/mol. The Hall–Kier alpha value is -0.770. The van der Waals surface area contributed by atoms with Gasteiger partial charge in [0, 0.05) is 19.0 Å². The quantitative estimate of drug-likeness (QED) is 0.287. The van der Waals surface area contributed by atoms with Crippen molar-refractivity contribution in [2.45, 2.75) is 57.9 Å². The number of hydrogen-bond acceptors (Lipinski definition) is 3. The number of amidine groups is 1. The minimum absolute atomic E-state index is 0.281. The number of hydrogen-bond donors (Lipinski definition) is 3. The molecule has 2 saturated carbocycles. The van der Waals surface area contributed by atoms with Gasteiger partial charge in [0.2, 0.25) is 0 Å². The van der Waals surface area contributed by atoms with Crippen molar-refractivity contribution in [3.8, 4) is 0 Å². The van der Waals surface area contributed by atoms with Crippen molar-refractivity contribution in [3.05, 3.63) is 0 Å². The summed E-state index contributed by atoms with van der Waals surface area (Å²) in [7, 11) is 0. The summed E-state index contributed by atoms with van der Waals surface area (Å²) in [5.74, 6) is 1.23. The molecule has 0 radical (unpaired) electrons. The van der Waals surface area contributed by atoms with Gasteiger partial charge in [-0.05, 0) is 43.9 Å². The molecule has 0 spiro atoms. The lowest BCUT2D eigenvalue weighted by molar-refractivity contribution is 0.311. The summed E-state index contributed by atoms with van der Waals surface area (Å²) in [6.45, 7) is 3.32. The van der Waals surface area contributed by atoms with Gasteiger partial charge >= 0.3 is 0 Å². The van der Waals surface area contributed by atoms with Crippen molar-refractivity contribution < 1.29 is 5.21 Å². The Labute approximate surface area is 104 Å². The lowest BCUT2D eigenvalue weighted by Gasteiger charge is -2.24. The molecule has 17 heavy (non-hydrogen) atoms. The molecule has 0 unspecified atom stereocenters. The summed E-state index contributed by atoms with van der Waals surface area (Å²) in [5, 5.41) is 15.4. The number of nitrogens with zero attached hydrogens (tertiary/aromatic N) is 1. The van der Waals surface area contributed by atoms with Crippen LogP contribution in [0.1, 0.15) is 51.9 Å². The molecule has 0 heterocycles. The number of nitrogens with one attached hydrogen (secondary N) is 1. The molecule has 0 aromatic carbocycles. The maximum atomic E-state index is 8.62. The highest BCUT2D eigenvalue weighted by atomic mass is 16.4. The van der Waals surface area contributed by atoms with Gasteiger partial charge in [0.15, 0.2) is 0 Å². The summed E-state index contributed by atoms with van der Waals surface area (Å²) in [4.78, 5) is 0. The SMILES string of the molecule is C[C@H](NCC1(CC(N)=NO)CC1)C1CCCC1. The van der Waals surface area contributed by atoms with E-state index in [2.05, 4.69) is 17.4 Å². The maximum Gasteiger partial charge on any atom is 0.139 e. The Morgan fingerprint density at radius 3 is 2.65 bits per heavy atom. The fourth-order valence-electron chi connectivity index (χ4n) is 3.01. The van der Waals surface area contributed by atoms with Gasteiger partial charge in [0.1, 0.15) is 5.84 Å². The number of rotatable bonds is 6. The molecule has 0 aliphatic heterocycles. The average molecular weight is 239 g/mol. The molecule has 0 saturated heterocycles. The molecule has 1 atom stereocenters. The van der Waals surface area contributed by atoms with Gasteiger partial charge in [-0.1, -0.05) is 18.0 Å². The van der Waals surface area contributed by atoms with E-state index in [1.807, 2.05) is 0 Å². The van der Waals surface area contributed by atoms with E-state index in [1.54, 1.807) is 0 Å². The largest absolute Gasteiger partial charge is 0.409 e. The second-order valence-corrected chi connectivity index (χ2v) is 5.98. The summed E-state index contributed by atoms with van der Waals surface area (Å²) in [6, 6.07) is 0.613. The smallest absolute Gasteiger partial charge is 0.139 e.